The topological polar surface area (TPSA) is 67.2 Å². The number of aryl methyl sites for hydroxylation is 1. The van der Waals surface area contributed by atoms with Crippen molar-refractivity contribution in [3.8, 4) is 0 Å². The zero-order chi connectivity index (χ0) is 13.8. The summed E-state index contributed by atoms with van der Waals surface area (Å²) in [6.45, 7) is 3.55. The lowest BCUT2D eigenvalue weighted by Gasteiger charge is -2.05. The van der Waals surface area contributed by atoms with Crippen molar-refractivity contribution >= 4 is 29.7 Å². The monoisotopic (exact) mass is 319 g/mol. The molecule has 20 heavy (non-hydrogen) atoms. The van der Waals surface area contributed by atoms with Crippen LogP contribution in [0.2, 0.25) is 0 Å². The molecule has 0 aliphatic rings. The lowest BCUT2D eigenvalue weighted by atomic mass is 10.3. The lowest BCUT2D eigenvalue weighted by Crippen LogP contribution is -2.15. The van der Waals surface area contributed by atoms with Crippen LogP contribution in [0, 0.1) is 5.13 Å². The molecule has 0 aliphatic heterocycles. The number of aromatic carboxylic acids is 1. The van der Waals surface area contributed by atoms with Gasteiger partial charge in [-0.05, 0) is 25.1 Å². The third-order valence-corrected chi connectivity index (χ3v) is 3.49. The molecule has 0 radical (unpaired) electrons. The smallest absolute Gasteiger partial charge is 0.356 e. The van der Waals surface area contributed by atoms with Crippen molar-refractivity contribution < 1.29 is 14.3 Å². The maximum atomic E-state index is 12.8. The van der Waals surface area contributed by atoms with Gasteiger partial charge in [-0.25, -0.2) is 4.79 Å². The number of carboxylic acid groups (broad SMARTS) is 1. The molecule has 2 rings (SSSR count). The van der Waals surface area contributed by atoms with Crippen LogP contribution in [-0.2, 0) is 19.6 Å². The van der Waals surface area contributed by atoms with Gasteiger partial charge in [0.05, 0.1) is 5.69 Å². The third kappa shape index (κ3) is 4.03. The highest BCUT2D eigenvalue weighted by Crippen LogP contribution is 2.14. The Labute approximate surface area is 125 Å². The minimum Gasteiger partial charge on any atom is -0.476 e. The Morgan fingerprint density at radius 1 is 1.50 bits per heavy atom. The van der Waals surface area contributed by atoms with Crippen molar-refractivity contribution in [1.29, 1.82) is 0 Å². The summed E-state index contributed by atoms with van der Waals surface area (Å²) < 4.78 is 14.4. The van der Waals surface area contributed by atoms with Crippen LogP contribution in [0.3, 0.4) is 0 Å². The Morgan fingerprint density at radius 2 is 2.25 bits per heavy atom. The largest absolute Gasteiger partial charge is 0.476 e. The molecule has 0 saturated carbocycles. The maximum Gasteiger partial charge on any atom is 0.356 e. The highest BCUT2D eigenvalue weighted by atomic mass is 35.5. The Balaban J connectivity index is 0.00000200. The fourth-order valence-corrected chi connectivity index (χ4v) is 2.43. The van der Waals surface area contributed by atoms with Gasteiger partial charge in [0.15, 0.2) is 10.8 Å². The van der Waals surface area contributed by atoms with Gasteiger partial charge in [0.25, 0.3) is 0 Å². The van der Waals surface area contributed by atoms with Crippen molar-refractivity contribution in [3.63, 3.8) is 0 Å². The Bertz CT molecular complexity index is 585. The zero-order valence-corrected chi connectivity index (χ0v) is 12.4. The fourth-order valence-electron chi connectivity index (χ4n) is 1.74. The molecular weight excluding hydrogens is 305 g/mol. The number of nitrogens with zero attached hydrogens (tertiary/aromatic N) is 2. The molecule has 2 aromatic heterocycles. The van der Waals surface area contributed by atoms with E-state index in [4.69, 9.17) is 5.11 Å². The lowest BCUT2D eigenvalue weighted by molar-refractivity contribution is 0.0689. The standard InChI is InChI=1S/C12H14FN3O2S.ClH/c1-2-16-8(5-10(15-16)12(17)18)6-14-7-9-3-4-11(13)19-9;/h3-5,14H,2,6-7H2,1H3,(H,17,18);1H. The number of halogens is 2. The summed E-state index contributed by atoms with van der Waals surface area (Å²) in [5.41, 5.74) is 0.845. The second-order valence-corrected chi connectivity index (χ2v) is 5.07. The van der Waals surface area contributed by atoms with E-state index in [-0.39, 0.29) is 23.2 Å². The van der Waals surface area contributed by atoms with Gasteiger partial charge in [-0.15, -0.1) is 23.7 Å². The molecule has 8 heteroatoms. The van der Waals surface area contributed by atoms with Crippen LogP contribution in [0.25, 0.3) is 0 Å². The summed E-state index contributed by atoms with van der Waals surface area (Å²) in [5, 5.41) is 15.8. The van der Waals surface area contributed by atoms with Crippen molar-refractivity contribution in [2.24, 2.45) is 0 Å². The van der Waals surface area contributed by atoms with Crippen LogP contribution in [0.1, 0.15) is 28.0 Å². The van der Waals surface area contributed by atoms with Crippen LogP contribution in [0.4, 0.5) is 4.39 Å². The van der Waals surface area contributed by atoms with E-state index in [0.29, 0.717) is 19.6 Å². The number of hydrogen-bond donors (Lipinski definition) is 2. The van der Waals surface area contributed by atoms with E-state index in [1.54, 1.807) is 16.8 Å². The van der Waals surface area contributed by atoms with Gasteiger partial charge in [0.1, 0.15) is 0 Å². The first kappa shape index (κ1) is 16.6. The molecule has 0 atom stereocenters. The zero-order valence-electron chi connectivity index (χ0n) is 10.8. The fraction of sp³-hybridized carbons (Fsp3) is 0.333. The SMILES string of the molecule is CCn1nc(C(=O)O)cc1CNCc1ccc(F)s1.Cl. The molecule has 0 bridgehead atoms. The van der Waals surface area contributed by atoms with Crippen molar-refractivity contribution in [2.75, 3.05) is 0 Å². The average Bonchev–Trinajstić information content (AvgIpc) is 2.96. The van der Waals surface area contributed by atoms with Gasteiger partial charge in [0, 0.05) is 24.5 Å². The molecular formula is C12H15ClFN3O2S. The van der Waals surface area contributed by atoms with Gasteiger partial charge in [0.2, 0.25) is 0 Å². The minimum atomic E-state index is -1.03. The van der Waals surface area contributed by atoms with Crippen LogP contribution in [0.15, 0.2) is 18.2 Å². The Kier molecular flexibility index (Phi) is 6.12. The Morgan fingerprint density at radius 3 is 2.80 bits per heavy atom. The van der Waals surface area contributed by atoms with Crippen LogP contribution in [-0.4, -0.2) is 20.9 Å². The maximum absolute atomic E-state index is 12.8. The number of carboxylic acids is 1. The number of carbonyl (C=O) groups is 1. The molecule has 0 fully saturated rings. The van der Waals surface area contributed by atoms with Crippen LogP contribution < -0.4 is 5.32 Å². The number of nitrogens with one attached hydrogen (secondary N) is 1. The summed E-state index contributed by atoms with van der Waals surface area (Å²) >= 11 is 1.10. The number of hydrogen-bond acceptors (Lipinski definition) is 4. The van der Waals surface area contributed by atoms with Gasteiger partial charge >= 0.3 is 5.97 Å². The highest BCUT2D eigenvalue weighted by Gasteiger charge is 2.12. The molecule has 0 spiro atoms. The van der Waals surface area contributed by atoms with Gasteiger partial charge in [-0.1, -0.05) is 0 Å². The molecule has 2 N–H and O–H groups in total. The molecule has 0 amide bonds. The molecule has 110 valence electrons. The summed E-state index contributed by atoms with van der Waals surface area (Å²) in [7, 11) is 0. The van der Waals surface area contributed by atoms with Crippen molar-refractivity contribution in [1.82, 2.24) is 15.1 Å². The van der Waals surface area contributed by atoms with Crippen molar-refractivity contribution in [3.05, 3.63) is 39.6 Å². The number of thiophene rings is 1. The predicted molar refractivity (Wildman–Crippen MR) is 76.9 cm³/mol. The van der Waals surface area contributed by atoms with E-state index >= 15 is 0 Å². The summed E-state index contributed by atoms with van der Waals surface area (Å²) in [4.78, 5) is 11.7. The highest BCUT2D eigenvalue weighted by molar-refractivity contribution is 7.10. The molecule has 5 nitrogen and oxygen atoms in total. The molecule has 2 aromatic rings. The average molecular weight is 320 g/mol. The quantitative estimate of drug-likeness (QED) is 0.858. The van der Waals surface area contributed by atoms with Crippen LogP contribution in [0.5, 0.6) is 0 Å². The molecule has 0 aliphatic carbocycles. The summed E-state index contributed by atoms with van der Waals surface area (Å²) in [6.07, 6.45) is 0. The van der Waals surface area contributed by atoms with E-state index in [1.165, 1.54) is 6.07 Å². The normalized spacial score (nSPS) is 10.3. The summed E-state index contributed by atoms with van der Waals surface area (Å²) in [5.74, 6) is -1.03. The molecule has 2 heterocycles. The van der Waals surface area contributed by atoms with E-state index in [0.717, 1.165) is 21.9 Å². The van der Waals surface area contributed by atoms with E-state index in [9.17, 15) is 9.18 Å². The van der Waals surface area contributed by atoms with Crippen LogP contribution >= 0.6 is 23.7 Å². The second-order valence-electron chi connectivity index (χ2n) is 3.95. The first-order valence-corrected chi connectivity index (χ1v) is 6.66. The molecule has 0 unspecified atom stereocenters. The molecule has 0 saturated heterocycles. The van der Waals surface area contributed by atoms with E-state index in [1.807, 2.05) is 6.92 Å². The minimum absolute atomic E-state index is 0. The first-order valence-electron chi connectivity index (χ1n) is 5.85. The predicted octanol–water partition coefficient (Wildman–Crippen LogP) is 2.51. The van der Waals surface area contributed by atoms with E-state index < -0.39 is 5.97 Å². The third-order valence-electron chi connectivity index (χ3n) is 2.62. The van der Waals surface area contributed by atoms with Gasteiger partial charge in [-0.2, -0.15) is 9.49 Å². The number of rotatable bonds is 6. The van der Waals surface area contributed by atoms with Gasteiger partial charge < -0.3 is 10.4 Å². The summed E-state index contributed by atoms with van der Waals surface area (Å²) in [6, 6.07) is 4.71. The van der Waals surface area contributed by atoms with Crippen molar-refractivity contribution in [2.45, 2.75) is 26.6 Å². The van der Waals surface area contributed by atoms with Gasteiger partial charge in [-0.3, -0.25) is 4.68 Å². The second kappa shape index (κ2) is 7.37. The van der Waals surface area contributed by atoms with E-state index in [2.05, 4.69) is 10.4 Å². The molecule has 0 aromatic carbocycles. The first-order chi connectivity index (χ1) is 9.10. The number of aromatic nitrogens is 2. The Hall–Kier alpha value is -1.44.